The van der Waals surface area contributed by atoms with Crippen molar-refractivity contribution in [1.29, 1.82) is 0 Å². The van der Waals surface area contributed by atoms with Crippen molar-refractivity contribution in [3.05, 3.63) is 22.2 Å². The summed E-state index contributed by atoms with van der Waals surface area (Å²) in [6, 6.07) is 2.99. The lowest BCUT2D eigenvalue weighted by Gasteiger charge is -2.13. The van der Waals surface area contributed by atoms with E-state index in [-0.39, 0.29) is 18.0 Å². The lowest BCUT2D eigenvalue weighted by atomic mass is 10.2. The van der Waals surface area contributed by atoms with Gasteiger partial charge in [0.2, 0.25) is 5.91 Å². The predicted octanol–water partition coefficient (Wildman–Crippen LogP) is 1.22. The Morgan fingerprint density at radius 1 is 1.24 bits per heavy atom. The van der Waals surface area contributed by atoms with Crippen LogP contribution < -0.4 is 14.8 Å². The van der Waals surface area contributed by atoms with Crippen LogP contribution in [0.4, 0.5) is 0 Å². The molecule has 0 saturated carbocycles. The van der Waals surface area contributed by atoms with E-state index in [0.29, 0.717) is 22.6 Å². The molecule has 0 spiro atoms. The van der Waals surface area contributed by atoms with Gasteiger partial charge < -0.3 is 24.4 Å². The van der Waals surface area contributed by atoms with Crippen LogP contribution in [0, 0.1) is 0 Å². The zero-order valence-corrected chi connectivity index (χ0v) is 16.1. The van der Waals surface area contributed by atoms with Crippen molar-refractivity contribution in [2.24, 2.45) is 0 Å². The van der Waals surface area contributed by atoms with Crippen molar-refractivity contribution in [3.8, 4) is 11.5 Å². The third kappa shape index (κ3) is 6.26. The van der Waals surface area contributed by atoms with Gasteiger partial charge in [-0.15, -0.1) is 0 Å². The molecule has 0 aliphatic carbocycles. The second-order valence-corrected chi connectivity index (χ2v) is 5.92. The summed E-state index contributed by atoms with van der Waals surface area (Å²) >= 11 is 3.30. The fraction of sp³-hybridized carbons (Fsp3) is 0.438. The average Bonchev–Trinajstić information content (AvgIpc) is 2.57. The molecule has 8 nitrogen and oxygen atoms in total. The maximum absolute atomic E-state index is 12.1. The first-order valence-corrected chi connectivity index (χ1v) is 8.23. The number of halogens is 1. The van der Waals surface area contributed by atoms with Gasteiger partial charge in [0.15, 0.2) is 18.1 Å². The number of carbonyl (C=O) groups is 3. The Balaban J connectivity index is 2.68. The van der Waals surface area contributed by atoms with Crippen LogP contribution in [0.5, 0.6) is 11.5 Å². The van der Waals surface area contributed by atoms with Crippen LogP contribution in [0.3, 0.4) is 0 Å². The highest BCUT2D eigenvalue weighted by atomic mass is 79.9. The van der Waals surface area contributed by atoms with Crippen LogP contribution in [0.25, 0.3) is 0 Å². The molecular formula is C16H21BrN2O6. The fourth-order valence-corrected chi connectivity index (χ4v) is 2.35. The number of carbonyl (C=O) groups excluding carboxylic acids is 3. The Kier molecular flexibility index (Phi) is 8.20. The molecular weight excluding hydrogens is 396 g/mol. The highest BCUT2D eigenvalue weighted by molar-refractivity contribution is 9.10. The van der Waals surface area contributed by atoms with Gasteiger partial charge in [0.1, 0.15) is 0 Å². The minimum atomic E-state index is -0.696. The molecule has 0 fully saturated rings. The maximum atomic E-state index is 12.1. The molecule has 0 aromatic heterocycles. The normalized spacial score (nSPS) is 9.96. The summed E-state index contributed by atoms with van der Waals surface area (Å²) in [7, 11) is 4.64. The molecule has 1 rings (SSSR count). The molecule has 2 amide bonds. The Labute approximate surface area is 154 Å². The molecule has 1 N–H and O–H groups in total. The lowest BCUT2D eigenvalue weighted by Crippen LogP contribution is -2.38. The highest BCUT2D eigenvalue weighted by Crippen LogP contribution is 2.36. The molecule has 1 aromatic carbocycles. The summed E-state index contributed by atoms with van der Waals surface area (Å²) in [5.41, 5.74) is 0.202. The molecule has 0 unspecified atom stereocenters. The Bertz CT molecular complexity index is 648. The maximum Gasteiger partial charge on any atom is 0.338 e. The number of nitrogens with zero attached hydrogens (tertiary/aromatic N) is 1. The summed E-state index contributed by atoms with van der Waals surface area (Å²) < 4.78 is 16.1. The molecule has 0 aliphatic rings. The van der Waals surface area contributed by atoms with E-state index in [1.807, 2.05) is 0 Å². The third-order valence-corrected chi connectivity index (χ3v) is 3.61. The minimum Gasteiger partial charge on any atom is -0.492 e. The number of likely N-dealkylation sites (N-methyl/N-ethyl adjacent to an activating group) is 1. The van der Waals surface area contributed by atoms with E-state index >= 15 is 0 Å². The van der Waals surface area contributed by atoms with Crippen LogP contribution >= 0.6 is 15.9 Å². The smallest absolute Gasteiger partial charge is 0.338 e. The molecule has 1 aromatic rings. The van der Waals surface area contributed by atoms with E-state index in [2.05, 4.69) is 21.2 Å². The van der Waals surface area contributed by atoms with Gasteiger partial charge >= 0.3 is 5.97 Å². The van der Waals surface area contributed by atoms with Crippen molar-refractivity contribution in [3.63, 3.8) is 0 Å². The highest BCUT2D eigenvalue weighted by Gasteiger charge is 2.17. The molecule has 0 radical (unpaired) electrons. The van der Waals surface area contributed by atoms with Crippen molar-refractivity contribution in [2.45, 2.75) is 6.92 Å². The van der Waals surface area contributed by atoms with Crippen LogP contribution in [0.1, 0.15) is 17.3 Å². The van der Waals surface area contributed by atoms with E-state index in [1.54, 1.807) is 21.0 Å². The standard InChI is InChI=1S/C16H21BrN2O6/c1-5-24-12-7-10(6-11(17)15(12)23-4)16(22)25-9-13(20)18-8-14(21)19(2)3/h6-7H,5,8-9H2,1-4H3,(H,18,20). The number of nitrogens with one attached hydrogen (secondary N) is 1. The Morgan fingerprint density at radius 2 is 1.92 bits per heavy atom. The molecule has 0 saturated heterocycles. The molecule has 0 heterocycles. The number of methoxy groups -OCH3 is 1. The zero-order valence-electron chi connectivity index (χ0n) is 14.6. The Hall–Kier alpha value is -2.29. The number of hydrogen-bond acceptors (Lipinski definition) is 6. The van der Waals surface area contributed by atoms with E-state index in [4.69, 9.17) is 14.2 Å². The molecule has 0 aliphatic heterocycles. The number of benzene rings is 1. The molecule has 25 heavy (non-hydrogen) atoms. The van der Waals surface area contributed by atoms with Gasteiger partial charge in [-0.05, 0) is 35.0 Å². The van der Waals surface area contributed by atoms with Crippen molar-refractivity contribution in [1.82, 2.24) is 10.2 Å². The van der Waals surface area contributed by atoms with Gasteiger partial charge in [0.25, 0.3) is 5.91 Å². The summed E-state index contributed by atoms with van der Waals surface area (Å²) in [4.78, 5) is 36.5. The summed E-state index contributed by atoms with van der Waals surface area (Å²) in [6.07, 6.45) is 0. The predicted molar refractivity (Wildman–Crippen MR) is 93.8 cm³/mol. The van der Waals surface area contributed by atoms with Crippen molar-refractivity contribution in [2.75, 3.05) is 41.0 Å². The average molecular weight is 417 g/mol. The zero-order chi connectivity index (χ0) is 19.0. The Morgan fingerprint density at radius 3 is 2.48 bits per heavy atom. The number of hydrogen-bond donors (Lipinski definition) is 1. The number of rotatable bonds is 8. The number of esters is 1. The van der Waals surface area contributed by atoms with Gasteiger partial charge in [0.05, 0.1) is 30.3 Å². The van der Waals surface area contributed by atoms with Gasteiger partial charge in [-0.25, -0.2) is 4.79 Å². The van der Waals surface area contributed by atoms with Crippen LogP contribution in [-0.2, 0) is 14.3 Å². The summed E-state index contributed by atoms with van der Waals surface area (Å²) in [6.45, 7) is 1.54. The van der Waals surface area contributed by atoms with Crippen LogP contribution in [0.2, 0.25) is 0 Å². The molecule has 138 valence electrons. The van der Waals surface area contributed by atoms with Gasteiger partial charge in [0, 0.05) is 14.1 Å². The van der Waals surface area contributed by atoms with E-state index in [9.17, 15) is 14.4 Å². The first-order chi connectivity index (χ1) is 11.8. The fourth-order valence-electron chi connectivity index (χ4n) is 1.74. The third-order valence-electron chi connectivity index (χ3n) is 3.02. The van der Waals surface area contributed by atoms with Crippen molar-refractivity contribution >= 4 is 33.7 Å². The van der Waals surface area contributed by atoms with Gasteiger partial charge in [-0.3, -0.25) is 9.59 Å². The number of ether oxygens (including phenoxy) is 3. The van der Waals surface area contributed by atoms with E-state index < -0.39 is 18.5 Å². The first kappa shape index (κ1) is 20.8. The topological polar surface area (TPSA) is 94.2 Å². The van der Waals surface area contributed by atoms with Crippen molar-refractivity contribution < 1.29 is 28.6 Å². The molecule has 9 heteroatoms. The largest absolute Gasteiger partial charge is 0.492 e. The van der Waals surface area contributed by atoms with E-state index in [0.717, 1.165) is 0 Å². The van der Waals surface area contributed by atoms with Crippen LogP contribution in [-0.4, -0.2) is 63.6 Å². The second kappa shape index (κ2) is 9.87. The summed E-state index contributed by atoms with van der Waals surface area (Å²) in [5, 5.41) is 2.37. The van der Waals surface area contributed by atoms with Crippen LogP contribution in [0.15, 0.2) is 16.6 Å². The first-order valence-electron chi connectivity index (χ1n) is 7.44. The van der Waals surface area contributed by atoms with Gasteiger partial charge in [-0.1, -0.05) is 0 Å². The molecule has 0 bridgehead atoms. The van der Waals surface area contributed by atoms with Gasteiger partial charge in [-0.2, -0.15) is 0 Å². The number of amides is 2. The summed E-state index contributed by atoms with van der Waals surface area (Å²) in [5.74, 6) is -0.689. The SMILES string of the molecule is CCOc1cc(C(=O)OCC(=O)NCC(=O)N(C)C)cc(Br)c1OC. The second-order valence-electron chi connectivity index (χ2n) is 5.06. The lowest BCUT2D eigenvalue weighted by molar-refractivity contribution is -0.131. The monoisotopic (exact) mass is 416 g/mol. The minimum absolute atomic E-state index is 0.161. The quantitative estimate of drug-likeness (QED) is 0.640. The van der Waals surface area contributed by atoms with E-state index in [1.165, 1.54) is 24.1 Å². The molecule has 0 atom stereocenters.